The van der Waals surface area contributed by atoms with Crippen LogP contribution in [0.15, 0.2) is 54.6 Å². The Balaban J connectivity index is 1.37. The van der Waals surface area contributed by atoms with Crippen molar-refractivity contribution in [2.24, 2.45) is 0 Å². The van der Waals surface area contributed by atoms with Crippen molar-refractivity contribution in [2.75, 3.05) is 31.1 Å². The maximum absolute atomic E-state index is 12.7. The van der Waals surface area contributed by atoms with Crippen LogP contribution in [0.1, 0.15) is 5.56 Å². The molecule has 1 unspecified atom stereocenters. The number of benzene rings is 2. The normalized spacial score (nSPS) is 20.1. The molecule has 1 fully saturated rings. The van der Waals surface area contributed by atoms with Crippen molar-refractivity contribution in [1.82, 2.24) is 4.90 Å². The predicted molar refractivity (Wildman–Crippen MR) is 89.8 cm³/mol. The number of carbonyl (C=O) groups excluding carboxylic acids is 1. The van der Waals surface area contributed by atoms with E-state index in [1.807, 2.05) is 35.2 Å². The highest BCUT2D eigenvalue weighted by atomic mass is 16.5. The van der Waals surface area contributed by atoms with Gasteiger partial charge in [-0.15, -0.1) is 0 Å². The fourth-order valence-electron chi connectivity index (χ4n) is 3.35. The third-order valence-electron chi connectivity index (χ3n) is 4.64. The molecule has 0 aliphatic carbocycles. The number of fused-ring (bicyclic) bond motifs is 1. The molecule has 0 saturated carbocycles. The van der Waals surface area contributed by atoms with Crippen LogP contribution in [0.5, 0.6) is 5.75 Å². The van der Waals surface area contributed by atoms with Crippen molar-refractivity contribution >= 4 is 11.6 Å². The summed E-state index contributed by atoms with van der Waals surface area (Å²) in [6.07, 6.45) is 0.337. The average Bonchev–Trinajstić information content (AvgIpc) is 3.06. The summed E-state index contributed by atoms with van der Waals surface area (Å²) in [7, 11) is 0. The van der Waals surface area contributed by atoms with Gasteiger partial charge in [-0.1, -0.05) is 36.4 Å². The Labute approximate surface area is 136 Å². The highest BCUT2D eigenvalue weighted by molar-refractivity contribution is 5.83. The lowest BCUT2D eigenvalue weighted by Gasteiger charge is -2.36. The second kappa shape index (κ2) is 5.95. The van der Waals surface area contributed by atoms with Crippen LogP contribution in [0.25, 0.3) is 0 Å². The molecule has 0 radical (unpaired) electrons. The summed E-state index contributed by atoms with van der Waals surface area (Å²) in [5.74, 6) is 0.975. The maximum atomic E-state index is 12.7. The Hall–Kier alpha value is -2.49. The summed E-state index contributed by atoms with van der Waals surface area (Å²) < 4.78 is 5.83. The van der Waals surface area contributed by atoms with Gasteiger partial charge in [-0.3, -0.25) is 4.79 Å². The van der Waals surface area contributed by atoms with Crippen molar-refractivity contribution in [2.45, 2.75) is 12.5 Å². The smallest absolute Gasteiger partial charge is 0.264 e. The van der Waals surface area contributed by atoms with E-state index in [4.69, 9.17) is 4.74 Å². The Morgan fingerprint density at radius 2 is 1.61 bits per heavy atom. The fraction of sp³-hybridized carbons (Fsp3) is 0.316. The van der Waals surface area contributed by atoms with Crippen LogP contribution >= 0.6 is 0 Å². The number of carbonyl (C=O) groups is 1. The molecule has 2 heterocycles. The van der Waals surface area contributed by atoms with E-state index in [1.54, 1.807) is 0 Å². The van der Waals surface area contributed by atoms with Crippen LogP contribution in [0.2, 0.25) is 0 Å². The number of piperazine rings is 1. The lowest BCUT2D eigenvalue weighted by atomic mass is 10.1. The van der Waals surface area contributed by atoms with Crippen LogP contribution in [-0.2, 0) is 11.2 Å². The number of hydrogen-bond donors (Lipinski definition) is 0. The zero-order chi connectivity index (χ0) is 15.6. The van der Waals surface area contributed by atoms with Crippen molar-refractivity contribution in [3.05, 3.63) is 60.2 Å². The Bertz CT molecular complexity index is 669. The number of ether oxygens (including phenoxy) is 1. The van der Waals surface area contributed by atoms with Gasteiger partial charge in [-0.25, -0.2) is 0 Å². The molecule has 0 aromatic heterocycles. The molecule has 1 saturated heterocycles. The molecule has 2 aromatic rings. The zero-order valence-electron chi connectivity index (χ0n) is 13.0. The standard InChI is InChI=1S/C19H20N2O2/c22-19(18-14-15-6-4-5-9-17(15)23-18)21-12-10-20(11-13-21)16-7-2-1-3-8-16/h1-9,18H,10-14H2. The molecule has 23 heavy (non-hydrogen) atoms. The van der Waals surface area contributed by atoms with Crippen molar-refractivity contribution in [1.29, 1.82) is 0 Å². The second-order valence-electron chi connectivity index (χ2n) is 6.07. The molecule has 2 aliphatic rings. The van der Waals surface area contributed by atoms with E-state index in [9.17, 15) is 4.79 Å². The van der Waals surface area contributed by atoms with Crippen molar-refractivity contribution in [3.63, 3.8) is 0 Å². The molecule has 118 valence electrons. The summed E-state index contributed by atoms with van der Waals surface area (Å²) in [5, 5.41) is 0. The molecule has 0 N–H and O–H groups in total. The molecule has 2 aromatic carbocycles. The minimum atomic E-state index is -0.351. The number of nitrogens with zero attached hydrogens (tertiary/aromatic N) is 2. The first-order valence-electron chi connectivity index (χ1n) is 8.14. The van der Waals surface area contributed by atoms with Gasteiger partial charge in [0.1, 0.15) is 5.75 Å². The molecule has 4 nitrogen and oxygen atoms in total. The van der Waals surface area contributed by atoms with Gasteiger partial charge in [0, 0.05) is 38.3 Å². The number of hydrogen-bond acceptors (Lipinski definition) is 3. The Morgan fingerprint density at radius 3 is 2.35 bits per heavy atom. The van der Waals surface area contributed by atoms with Crippen LogP contribution in [0.3, 0.4) is 0 Å². The SMILES string of the molecule is O=C(C1Cc2ccccc2O1)N1CCN(c2ccccc2)CC1. The fourth-order valence-corrected chi connectivity index (χ4v) is 3.35. The Morgan fingerprint density at radius 1 is 0.913 bits per heavy atom. The Kier molecular flexibility index (Phi) is 3.66. The van der Waals surface area contributed by atoms with E-state index in [0.717, 1.165) is 37.5 Å². The number of rotatable bonds is 2. The van der Waals surface area contributed by atoms with Crippen LogP contribution < -0.4 is 9.64 Å². The van der Waals surface area contributed by atoms with Crippen LogP contribution in [-0.4, -0.2) is 43.1 Å². The lowest BCUT2D eigenvalue weighted by molar-refractivity contribution is -0.138. The van der Waals surface area contributed by atoms with E-state index in [2.05, 4.69) is 29.2 Å². The van der Waals surface area contributed by atoms with Crippen LogP contribution in [0, 0.1) is 0 Å². The predicted octanol–water partition coefficient (Wildman–Crippen LogP) is 2.34. The molecule has 1 atom stereocenters. The van der Waals surface area contributed by atoms with Gasteiger partial charge in [0.05, 0.1) is 0 Å². The number of para-hydroxylation sites is 2. The van der Waals surface area contributed by atoms with Crippen molar-refractivity contribution in [3.8, 4) is 5.75 Å². The summed E-state index contributed by atoms with van der Waals surface area (Å²) in [4.78, 5) is 17.0. The zero-order valence-corrected chi connectivity index (χ0v) is 13.0. The van der Waals surface area contributed by atoms with E-state index in [-0.39, 0.29) is 12.0 Å². The molecule has 1 amide bonds. The number of amides is 1. The van der Waals surface area contributed by atoms with E-state index in [0.29, 0.717) is 6.42 Å². The van der Waals surface area contributed by atoms with Gasteiger partial charge in [0.15, 0.2) is 6.10 Å². The summed E-state index contributed by atoms with van der Waals surface area (Å²) >= 11 is 0. The molecule has 2 aliphatic heterocycles. The largest absolute Gasteiger partial charge is 0.480 e. The van der Waals surface area contributed by atoms with Crippen LogP contribution in [0.4, 0.5) is 5.69 Å². The van der Waals surface area contributed by atoms with Gasteiger partial charge in [0.2, 0.25) is 0 Å². The quantitative estimate of drug-likeness (QED) is 0.854. The van der Waals surface area contributed by atoms with E-state index in [1.165, 1.54) is 5.69 Å². The third kappa shape index (κ3) is 2.77. The molecular formula is C19H20N2O2. The monoisotopic (exact) mass is 308 g/mol. The first-order chi connectivity index (χ1) is 11.3. The molecule has 0 spiro atoms. The number of anilines is 1. The lowest BCUT2D eigenvalue weighted by Crippen LogP contribution is -2.52. The second-order valence-corrected chi connectivity index (χ2v) is 6.07. The summed E-state index contributed by atoms with van der Waals surface area (Å²) in [5.41, 5.74) is 2.36. The van der Waals surface area contributed by atoms with Gasteiger partial charge in [-0.2, -0.15) is 0 Å². The van der Waals surface area contributed by atoms with E-state index < -0.39 is 0 Å². The van der Waals surface area contributed by atoms with Gasteiger partial charge >= 0.3 is 0 Å². The minimum Gasteiger partial charge on any atom is -0.480 e. The van der Waals surface area contributed by atoms with Crippen molar-refractivity contribution < 1.29 is 9.53 Å². The molecular weight excluding hydrogens is 288 g/mol. The minimum absolute atomic E-state index is 0.119. The summed E-state index contributed by atoms with van der Waals surface area (Å²) in [6.45, 7) is 3.25. The highest BCUT2D eigenvalue weighted by Crippen LogP contribution is 2.29. The first kappa shape index (κ1) is 14.1. The first-order valence-corrected chi connectivity index (χ1v) is 8.14. The topological polar surface area (TPSA) is 32.8 Å². The van der Waals surface area contributed by atoms with Gasteiger partial charge < -0.3 is 14.5 Å². The van der Waals surface area contributed by atoms with E-state index >= 15 is 0 Å². The highest BCUT2D eigenvalue weighted by Gasteiger charge is 2.33. The van der Waals surface area contributed by atoms with Gasteiger partial charge in [0.25, 0.3) is 5.91 Å². The third-order valence-corrected chi connectivity index (χ3v) is 4.64. The average molecular weight is 308 g/mol. The molecule has 4 heteroatoms. The summed E-state index contributed by atoms with van der Waals surface area (Å²) in [6, 6.07) is 18.3. The molecule has 4 rings (SSSR count). The molecule has 0 bridgehead atoms. The maximum Gasteiger partial charge on any atom is 0.264 e. The van der Waals surface area contributed by atoms with Gasteiger partial charge in [-0.05, 0) is 23.8 Å².